The minimum Gasteiger partial charge on any atom is -0.403 e. The van der Waals surface area contributed by atoms with Gasteiger partial charge in [0, 0.05) is 19.3 Å². The Bertz CT molecular complexity index is 851. The molecular formula is C18H20F3N5O2. The van der Waals surface area contributed by atoms with Gasteiger partial charge in [-0.05, 0) is 50.2 Å². The number of nitrogens with zero attached hydrogens (tertiary/aromatic N) is 4. The van der Waals surface area contributed by atoms with Gasteiger partial charge in [0.05, 0.1) is 5.56 Å². The van der Waals surface area contributed by atoms with Crippen molar-refractivity contribution in [1.29, 1.82) is 0 Å². The summed E-state index contributed by atoms with van der Waals surface area (Å²) < 4.78 is 43.2. The number of hydrogen-bond donors (Lipinski definition) is 1. The maximum atomic E-state index is 12.6. The third-order valence-corrected chi connectivity index (χ3v) is 5.53. The second-order valence-corrected chi connectivity index (χ2v) is 7.53. The van der Waals surface area contributed by atoms with Crippen molar-refractivity contribution in [3.8, 4) is 11.5 Å². The Morgan fingerprint density at radius 3 is 2.50 bits per heavy atom. The van der Waals surface area contributed by atoms with Crippen LogP contribution in [0.5, 0.6) is 0 Å². The number of carbonyl (C=O) groups excluding carboxylic acids is 1. The molecule has 0 bridgehead atoms. The van der Waals surface area contributed by atoms with E-state index in [1.807, 2.05) is 4.90 Å². The summed E-state index contributed by atoms with van der Waals surface area (Å²) in [7, 11) is 0. The van der Waals surface area contributed by atoms with Crippen LogP contribution >= 0.6 is 0 Å². The highest BCUT2D eigenvalue weighted by Crippen LogP contribution is 2.53. The monoisotopic (exact) mass is 395 g/mol. The van der Waals surface area contributed by atoms with E-state index in [4.69, 9.17) is 4.42 Å². The van der Waals surface area contributed by atoms with Crippen LogP contribution in [-0.4, -0.2) is 45.1 Å². The van der Waals surface area contributed by atoms with Gasteiger partial charge in [-0.15, -0.1) is 5.10 Å². The predicted molar refractivity (Wildman–Crippen MR) is 93.1 cm³/mol. The van der Waals surface area contributed by atoms with E-state index in [9.17, 15) is 18.0 Å². The molecule has 10 heteroatoms. The summed E-state index contributed by atoms with van der Waals surface area (Å²) in [6.45, 7) is 3.24. The number of aromatic nitrogens is 3. The minimum absolute atomic E-state index is 0.0250. The van der Waals surface area contributed by atoms with Gasteiger partial charge >= 0.3 is 12.2 Å². The molecule has 1 atom stereocenters. The average molecular weight is 395 g/mol. The lowest BCUT2D eigenvalue weighted by molar-refractivity contribution is -0.141. The largest absolute Gasteiger partial charge is 0.433 e. The van der Waals surface area contributed by atoms with Crippen LogP contribution in [0.15, 0.2) is 22.7 Å². The van der Waals surface area contributed by atoms with Gasteiger partial charge in [0.15, 0.2) is 0 Å². The molecule has 1 N–H and O–H groups in total. The van der Waals surface area contributed by atoms with E-state index >= 15 is 0 Å². The van der Waals surface area contributed by atoms with Gasteiger partial charge < -0.3 is 14.6 Å². The van der Waals surface area contributed by atoms with Gasteiger partial charge in [-0.25, -0.2) is 0 Å². The SMILES string of the molecule is C[C@H](Nc1nnc(-c2ccc(C(F)(F)F)nc2)o1)C(=O)N1CCC2(CC1)CC2. The number of hydrogen-bond acceptors (Lipinski definition) is 6. The molecule has 0 unspecified atom stereocenters. The number of piperidine rings is 1. The van der Waals surface area contributed by atoms with Crippen LogP contribution in [0.4, 0.5) is 19.2 Å². The summed E-state index contributed by atoms with van der Waals surface area (Å²) in [5.41, 5.74) is -0.244. The fraction of sp³-hybridized carbons (Fsp3) is 0.556. The molecule has 2 fully saturated rings. The van der Waals surface area contributed by atoms with Crippen molar-refractivity contribution in [2.45, 2.75) is 44.8 Å². The highest BCUT2D eigenvalue weighted by Gasteiger charge is 2.45. The Morgan fingerprint density at radius 1 is 1.21 bits per heavy atom. The van der Waals surface area contributed by atoms with Crippen LogP contribution in [0.2, 0.25) is 0 Å². The van der Waals surface area contributed by atoms with E-state index in [0.29, 0.717) is 5.41 Å². The van der Waals surface area contributed by atoms with Crippen molar-refractivity contribution in [2.75, 3.05) is 18.4 Å². The average Bonchev–Trinajstić information content (AvgIpc) is 3.25. The molecule has 28 heavy (non-hydrogen) atoms. The predicted octanol–water partition coefficient (Wildman–Crippen LogP) is 3.35. The number of rotatable bonds is 4. The number of nitrogens with one attached hydrogen (secondary N) is 1. The zero-order valence-corrected chi connectivity index (χ0v) is 15.3. The molecule has 0 radical (unpaired) electrons. The molecule has 2 aromatic rings. The van der Waals surface area contributed by atoms with E-state index in [-0.39, 0.29) is 23.4 Å². The van der Waals surface area contributed by atoms with Crippen molar-refractivity contribution in [1.82, 2.24) is 20.1 Å². The minimum atomic E-state index is -4.51. The molecule has 1 aliphatic carbocycles. The first-order valence-corrected chi connectivity index (χ1v) is 9.18. The lowest BCUT2D eigenvalue weighted by Crippen LogP contribution is -2.45. The normalized spacial score (nSPS) is 19.5. The summed E-state index contributed by atoms with van der Waals surface area (Å²) in [4.78, 5) is 17.8. The molecular weight excluding hydrogens is 375 g/mol. The lowest BCUT2D eigenvalue weighted by Gasteiger charge is -2.33. The number of pyridine rings is 1. The molecule has 7 nitrogen and oxygen atoms in total. The molecule has 2 aromatic heterocycles. The quantitative estimate of drug-likeness (QED) is 0.855. The lowest BCUT2D eigenvalue weighted by atomic mass is 9.93. The highest BCUT2D eigenvalue weighted by atomic mass is 19.4. The van der Waals surface area contributed by atoms with Gasteiger partial charge in [0.1, 0.15) is 11.7 Å². The zero-order valence-electron chi connectivity index (χ0n) is 15.3. The van der Waals surface area contributed by atoms with Crippen molar-refractivity contribution >= 4 is 11.9 Å². The maximum Gasteiger partial charge on any atom is 0.433 e. The maximum absolute atomic E-state index is 12.6. The summed E-state index contributed by atoms with van der Waals surface area (Å²) in [6.07, 6.45) is 1.16. The molecule has 0 aromatic carbocycles. The standard InChI is InChI=1S/C18H20F3N5O2/c1-11(15(27)26-8-6-17(4-5-17)7-9-26)23-16-25-24-14(28-16)12-2-3-13(22-10-12)18(19,20)21/h2-3,10-11H,4-9H2,1H3,(H,23,25)/t11-/m0/s1. The molecule has 150 valence electrons. The summed E-state index contributed by atoms with van der Waals surface area (Å²) in [5.74, 6) is -0.0107. The third-order valence-electron chi connectivity index (χ3n) is 5.53. The smallest absolute Gasteiger partial charge is 0.403 e. The van der Waals surface area contributed by atoms with Crippen molar-refractivity contribution in [3.05, 3.63) is 24.0 Å². The highest BCUT2D eigenvalue weighted by molar-refractivity contribution is 5.83. The van der Waals surface area contributed by atoms with Gasteiger partial charge in [-0.1, -0.05) is 5.10 Å². The van der Waals surface area contributed by atoms with E-state index in [1.54, 1.807) is 6.92 Å². The fourth-order valence-electron chi connectivity index (χ4n) is 3.49. The van der Waals surface area contributed by atoms with Crippen LogP contribution in [-0.2, 0) is 11.0 Å². The van der Waals surface area contributed by atoms with Gasteiger partial charge in [0.25, 0.3) is 5.89 Å². The van der Waals surface area contributed by atoms with Crippen LogP contribution < -0.4 is 5.32 Å². The number of likely N-dealkylation sites (tertiary alicyclic amines) is 1. The molecule has 1 aliphatic heterocycles. The van der Waals surface area contributed by atoms with Crippen molar-refractivity contribution < 1.29 is 22.4 Å². The van der Waals surface area contributed by atoms with Crippen molar-refractivity contribution in [2.24, 2.45) is 5.41 Å². The third kappa shape index (κ3) is 3.81. The van der Waals surface area contributed by atoms with Gasteiger partial charge in [-0.2, -0.15) is 13.2 Å². The first kappa shape index (κ1) is 18.7. The van der Waals surface area contributed by atoms with E-state index in [2.05, 4.69) is 20.5 Å². The Hall–Kier alpha value is -2.65. The molecule has 4 rings (SSSR count). The second-order valence-electron chi connectivity index (χ2n) is 7.53. The molecule has 1 saturated carbocycles. The number of halogens is 3. The van der Waals surface area contributed by atoms with Crippen molar-refractivity contribution in [3.63, 3.8) is 0 Å². The molecule has 1 spiro atoms. The number of alkyl halides is 3. The van der Waals surface area contributed by atoms with Crippen LogP contribution in [0.3, 0.4) is 0 Å². The summed E-state index contributed by atoms with van der Waals surface area (Å²) in [5, 5.41) is 10.5. The molecule has 2 aliphatic rings. The van der Waals surface area contributed by atoms with Crippen LogP contribution in [0.1, 0.15) is 38.3 Å². The molecule has 1 amide bonds. The first-order valence-electron chi connectivity index (χ1n) is 9.18. The van der Waals surface area contributed by atoms with Crippen LogP contribution in [0.25, 0.3) is 11.5 Å². The van der Waals surface area contributed by atoms with E-state index < -0.39 is 17.9 Å². The summed E-state index contributed by atoms with van der Waals surface area (Å²) >= 11 is 0. The van der Waals surface area contributed by atoms with E-state index in [0.717, 1.165) is 38.2 Å². The topological polar surface area (TPSA) is 84.1 Å². The van der Waals surface area contributed by atoms with Crippen LogP contribution in [0, 0.1) is 5.41 Å². The fourth-order valence-corrected chi connectivity index (χ4v) is 3.49. The summed E-state index contributed by atoms with van der Waals surface area (Å²) in [6, 6.07) is 1.55. The zero-order chi connectivity index (χ0) is 19.9. The number of amides is 1. The second kappa shape index (κ2) is 6.75. The molecule has 1 saturated heterocycles. The van der Waals surface area contributed by atoms with Gasteiger partial charge in [0.2, 0.25) is 5.91 Å². The first-order chi connectivity index (χ1) is 13.3. The van der Waals surface area contributed by atoms with E-state index in [1.165, 1.54) is 18.9 Å². The Labute approximate surface area is 159 Å². The Morgan fingerprint density at radius 2 is 1.93 bits per heavy atom. The number of carbonyl (C=O) groups is 1. The van der Waals surface area contributed by atoms with Gasteiger partial charge in [-0.3, -0.25) is 9.78 Å². The Balaban J connectivity index is 1.37. The Kier molecular flexibility index (Phi) is 4.51. The molecule has 3 heterocycles. The number of anilines is 1.